The van der Waals surface area contributed by atoms with E-state index in [1.54, 1.807) is 13.8 Å². The predicted molar refractivity (Wildman–Crippen MR) is 124 cm³/mol. The van der Waals surface area contributed by atoms with E-state index in [-0.39, 0.29) is 29.7 Å². The summed E-state index contributed by atoms with van der Waals surface area (Å²) in [5.41, 5.74) is 1.06. The van der Waals surface area contributed by atoms with Gasteiger partial charge < -0.3 is 10.2 Å². The van der Waals surface area contributed by atoms with E-state index in [1.807, 2.05) is 42.2 Å². The van der Waals surface area contributed by atoms with E-state index in [1.165, 1.54) is 0 Å². The minimum Gasteiger partial charge on any atom is -0.357 e. The maximum atomic E-state index is 12.2. The Labute approximate surface area is 182 Å². The molecule has 9 heteroatoms. The largest absolute Gasteiger partial charge is 0.357 e. The number of hydrogen-bond acceptors (Lipinski definition) is 4. The summed E-state index contributed by atoms with van der Waals surface area (Å²) in [5.74, 6) is 1.85. The molecule has 1 N–H and O–H groups in total. The molecule has 2 rings (SSSR count). The number of nitrogens with zero attached hydrogens (tertiary/aromatic N) is 2. The molecule has 6 nitrogen and oxygen atoms in total. The van der Waals surface area contributed by atoms with E-state index in [2.05, 4.69) is 10.3 Å². The van der Waals surface area contributed by atoms with Gasteiger partial charge in [-0.15, -0.1) is 24.0 Å². The number of halogens is 1. The molecule has 1 heterocycles. The number of benzene rings is 1. The summed E-state index contributed by atoms with van der Waals surface area (Å²) in [6.45, 7) is 7.49. The molecule has 154 valence electrons. The number of hydrogen-bond donors (Lipinski definition) is 1. The smallest absolute Gasteiger partial charge is 0.194 e. The van der Waals surface area contributed by atoms with Gasteiger partial charge in [0.05, 0.1) is 17.0 Å². The molecule has 0 saturated carbocycles. The third-order valence-electron chi connectivity index (χ3n) is 4.43. The van der Waals surface area contributed by atoms with Crippen LogP contribution < -0.4 is 5.32 Å². The summed E-state index contributed by atoms with van der Waals surface area (Å²) in [7, 11) is -4.06. The molecule has 1 fully saturated rings. The van der Waals surface area contributed by atoms with Crippen molar-refractivity contribution in [1.82, 2.24) is 10.2 Å². The van der Waals surface area contributed by atoms with E-state index >= 15 is 0 Å². The topological polar surface area (TPSA) is 78.8 Å². The number of sulfone groups is 1. The lowest BCUT2D eigenvalue weighted by Crippen LogP contribution is -2.57. The fourth-order valence-corrected chi connectivity index (χ4v) is 5.21. The second-order valence-electron chi connectivity index (χ2n) is 7.01. The fourth-order valence-electron chi connectivity index (χ4n) is 2.84. The molecule has 1 aliphatic rings. The lowest BCUT2D eigenvalue weighted by molar-refractivity contribution is 0.353. The van der Waals surface area contributed by atoms with Crippen molar-refractivity contribution in [2.45, 2.75) is 31.3 Å². The highest BCUT2D eigenvalue weighted by Gasteiger charge is 2.40. The average Bonchev–Trinajstić information content (AvgIpc) is 2.57. The van der Waals surface area contributed by atoms with Crippen LogP contribution in [0.15, 0.2) is 35.3 Å². The number of nitrogens with one attached hydrogen (secondary N) is 1. The van der Waals surface area contributed by atoms with E-state index in [0.717, 1.165) is 5.56 Å². The third kappa shape index (κ3) is 7.01. The first-order chi connectivity index (χ1) is 12.2. The van der Waals surface area contributed by atoms with E-state index in [0.29, 0.717) is 43.6 Å². The first-order valence-electron chi connectivity index (χ1n) is 8.89. The molecule has 27 heavy (non-hydrogen) atoms. The second kappa shape index (κ2) is 10.8. The molecule has 0 amide bonds. The van der Waals surface area contributed by atoms with Gasteiger partial charge >= 0.3 is 0 Å². The summed E-state index contributed by atoms with van der Waals surface area (Å²) >= 11 is 0. The molecule has 1 aliphatic heterocycles. The summed E-state index contributed by atoms with van der Waals surface area (Å²) in [4.78, 5) is 6.57. The van der Waals surface area contributed by atoms with E-state index in [9.17, 15) is 12.6 Å². The van der Waals surface area contributed by atoms with Crippen molar-refractivity contribution in [2.75, 3.05) is 37.7 Å². The summed E-state index contributed by atoms with van der Waals surface area (Å²) < 4.78 is 35.8. The standard InChI is InChI=1S/C18H29N3O3S2.HI/c1-4-19-17(21-11-13-26(23,24)18(2,3)15-21)20-10-12-25(22)14-16-8-6-5-7-9-16;/h5-9H,4,10-15H2,1-3H3,(H,19,20);1H. The molecular formula is C18H30IN3O3S2. The molecule has 1 unspecified atom stereocenters. The highest BCUT2D eigenvalue weighted by atomic mass is 127. The van der Waals surface area contributed by atoms with Gasteiger partial charge in [-0.3, -0.25) is 9.20 Å². The second-order valence-corrected chi connectivity index (χ2v) is 11.3. The van der Waals surface area contributed by atoms with Gasteiger partial charge in [-0.05, 0) is 26.3 Å². The zero-order valence-corrected chi connectivity index (χ0v) is 20.1. The van der Waals surface area contributed by atoms with Gasteiger partial charge in [0.15, 0.2) is 15.8 Å². The van der Waals surface area contributed by atoms with Crippen molar-refractivity contribution in [3.05, 3.63) is 35.9 Å². The fraction of sp³-hybridized carbons (Fsp3) is 0.611. The van der Waals surface area contributed by atoms with Gasteiger partial charge in [-0.1, -0.05) is 30.3 Å². The molecule has 0 spiro atoms. The third-order valence-corrected chi connectivity index (χ3v) is 8.26. The Kier molecular flexibility index (Phi) is 9.70. The van der Waals surface area contributed by atoms with E-state index < -0.39 is 25.4 Å². The maximum absolute atomic E-state index is 12.2. The molecule has 0 aromatic heterocycles. The summed E-state index contributed by atoms with van der Waals surface area (Å²) in [6, 6.07) is 9.78. The Morgan fingerprint density at radius 1 is 1.30 bits per heavy atom. The minimum absolute atomic E-state index is 0. The van der Waals surface area contributed by atoms with Crippen LogP contribution in [0.25, 0.3) is 0 Å². The SMILES string of the molecule is CCNC(=NCCS(=O)Cc1ccccc1)N1CCS(=O)(=O)C(C)(C)C1.I. The predicted octanol–water partition coefficient (Wildman–Crippen LogP) is 2.03. The van der Waals surface area contributed by atoms with E-state index in [4.69, 9.17) is 0 Å². The average molecular weight is 527 g/mol. The quantitative estimate of drug-likeness (QED) is 0.348. The van der Waals surface area contributed by atoms with Gasteiger partial charge in [-0.25, -0.2) is 8.42 Å². The van der Waals surface area contributed by atoms with Crippen LogP contribution in [0.1, 0.15) is 26.3 Å². The molecule has 1 aromatic carbocycles. The molecule has 1 atom stereocenters. The van der Waals surface area contributed by atoms with Gasteiger partial charge in [0, 0.05) is 41.9 Å². The number of guanidine groups is 1. The van der Waals surface area contributed by atoms with Gasteiger partial charge in [0.25, 0.3) is 0 Å². The Hall–Kier alpha value is -0.680. The van der Waals surface area contributed by atoms with Crippen LogP contribution in [0.2, 0.25) is 0 Å². The van der Waals surface area contributed by atoms with Crippen molar-refractivity contribution < 1.29 is 12.6 Å². The van der Waals surface area contributed by atoms with Crippen molar-refractivity contribution in [3.8, 4) is 0 Å². The summed E-state index contributed by atoms with van der Waals surface area (Å²) in [5, 5.41) is 3.22. The van der Waals surface area contributed by atoms with Crippen LogP contribution in [-0.4, -0.2) is 65.9 Å². The van der Waals surface area contributed by atoms with Crippen molar-refractivity contribution in [2.24, 2.45) is 4.99 Å². The van der Waals surface area contributed by atoms with Gasteiger partial charge in [0.2, 0.25) is 0 Å². The van der Waals surface area contributed by atoms with Crippen molar-refractivity contribution >= 4 is 50.6 Å². The monoisotopic (exact) mass is 527 g/mol. The molecule has 1 saturated heterocycles. The Bertz CT molecular complexity index is 752. The zero-order chi connectivity index (χ0) is 19.2. The number of rotatable bonds is 6. The van der Waals surface area contributed by atoms with Crippen LogP contribution in [0.3, 0.4) is 0 Å². The van der Waals surface area contributed by atoms with Crippen molar-refractivity contribution in [1.29, 1.82) is 0 Å². The number of aliphatic imine (C=N–C) groups is 1. The maximum Gasteiger partial charge on any atom is 0.194 e. The molecule has 1 aromatic rings. The lowest BCUT2D eigenvalue weighted by Gasteiger charge is -2.39. The van der Waals surface area contributed by atoms with Gasteiger partial charge in [-0.2, -0.15) is 0 Å². The molecule has 0 radical (unpaired) electrons. The Morgan fingerprint density at radius 2 is 1.96 bits per heavy atom. The lowest BCUT2D eigenvalue weighted by atomic mass is 10.2. The van der Waals surface area contributed by atoms with Gasteiger partial charge in [0.1, 0.15) is 0 Å². The molecule has 0 bridgehead atoms. The highest BCUT2D eigenvalue weighted by Crippen LogP contribution is 2.23. The normalized spacial score (nSPS) is 19.8. The first kappa shape index (κ1) is 24.4. The molecular weight excluding hydrogens is 497 g/mol. The van der Waals surface area contributed by atoms with Crippen LogP contribution in [-0.2, 0) is 26.4 Å². The van der Waals surface area contributed by atoms with Crippen molar-refractivity contribution in [3.63, 3.8) is 0 Å². The Morgan fingerprint density at radius 3 is 2.56 bits per heavy atom. The van der Waals surface area contributed by atoms with Crippen LogP contribution in [0.5, 0.6) is 0 Å². The Balaban J connectivity index is 0.00000364. The minimum atomic E-state index is -3.08. The summed E-state index contributed by atoms with van der Waals surface area (Å²) in [6.07, 6.45) is 0. The van der Waals surface area contributed by atoms with Crippen LogP contribution >= 0.6 is 24.0 Å². The van der Waals surface area contributed by atoms with Crippen LogP contribution in [0.4, 0.5) is 0 Å². The van der Waals surface area contributed by atoms with Crippen LogP contribution in [0, 0.1) is 0 Å². The zero-order valence-electron chi connectivity index (χ0n) is 16.2. The molecule has 0 aliphatic carbocycles. The first-order valence-corrected chi connectivity index (χ1v) is 12.0. The highest BCUT2D eigenvalue weighted by molar-refractivity contribution is 14.0.